The Morgan fingerprint density at radius 3 is 2.60 bits per heavy atom. The monoisotopic (exact) mass is 284 g/mol. The number of methoxy groups -OCH3 is 1. The second kappa shape index (κ2) is 6.18. The van der Waals surface area contributed by atoms with Crippen molar-refractivity contribution < 1.29 is 23.7 Å². The molecule has 8 nitrogen and oxygen atoms in total. The van der Waals surface area contributed by atoms with Crippen molar-refractivity contribution in [1.82, 2.24) is 5.32 Å². The lowest BCUT2D eigenvalue weighted by atomic mass is 9.96. The molecular formula is C12H16N2O6. The summed E-state index contributed by atoms with van der Waals surface area (Å²) < 4.78 is 9.44. The van der Waals surface area contributed by atoms with E-state index in [1.54, 1.807) is 0 Å². The van der Waals surface area contributed by atoms with Gasteiger partial charge in [-0.05, 0) is 19.4 Å². The molecule has 110 valence electrons. The molecule has 0 spiro atoms. The van der Waals surface area contributed by atoms with Crippen molar-refractivity contribution in [3.63, 3.8) is 0 Å². The van der Waals surface area contributed by atoms with E-state index in [0.717, 1.165) is 6.07 Å². The first-order valence-electron chi connectivity index (χ1n) is 5.99. The van der Waals surface area contributed by atoms with Crippen molar-refractivity contribution >= 4 is 17.8 Å². The third-order valence-electron chi connectivity index (χ3n) is 2.77. The average Bonchev–Trinajstić information content (AvgIpc) is 2.87. The van der Waals surface area contributed by atoms with Gasteiger partial charge >= 0.3 is 11.9 Å². The number of nitrogens with one attached hydrogen (secondary N) is 1. The number of esters is 1. The maximum Gasteiger partial charge on any atom is 0.433 e. The summed E-state index contributed by atoms with van der Waals surface area (Å²) in [5.74, 6) is -2.07. The maximum atomic E-state index is 12.0. The van der Waals surface area contributed by atoms with Gasteiger partial charge in [0.15, 0.2) is 5.76 Å². The standard InChI is InChI=1S/C12H16N2O6/c1-4-7-12(2,11(16)19-3)13-10(15)8-5-6-9(20-8)14(17)18/h5-6H,4,7H2,1-3H3,(H,13,15). The molecule has 1 heterocycles. The predicted molar refractivity (Wildman–Crippen MR) is 68.2 cm³/mol. The van der Waals surface area contributed by atoms with Gasteiger partial charge in [0, 0.05) is 0 Å². The molecule has 0 aliphatic carbocycles. The summed E-state index contributed by atoms with van der Waals surface area (Å²) in [6.45, 7) is 3.38. The number of nitrogens with zero attached hydrogens (tertiary/aromatic N) is 1. The summed E-state index contributed by atoms with van der Waals surface area (Å²) in [4.78, 5) is 33.4. The van der Waals surface area contributed by atoms with Crippen molar-refractivity contribution in [3.8, 4) is 0 Å². The quantitative estimate of drug-likeness (QED) is 0.483. The fourth-order valence-corrected chi connectivity index (χ4v) is 1.80. The van der Waals surface area contributed by atoms with Crippen LogP contribution in [-0.4, -0.2) is 29.4 Å². The average molecular weight is 284 g/mol. The number of rotatable bonds is 6. The van der Waals surface area contributed by atoms with Gasteiger partial charge in [-0.3, -0.25) is 14.9 Å². The summed E-state index contributed by atoms with van der Waals surface area (Å²) in [5.41, 5.74) is -1.21. The highest BCUT2D eigenvalue weighted by atomic mass is 16.6. The Balaban J connectivity index is 2.90. The zero-order valence-electron chi connectivity index (χ0n) is 11.5. The molecule has 1 rings (SSSR count). The minimum absolute atomic E-state index is 0.233. The predicted octanol–water partition coefficient (Wildman–Crippen LogP) is 1.65. The Hall–Kier alpha value is -2.38. The Bertz CT molecular complexity index is 524. The Morgan fingerprint density at radius 2 is 2.15 bits per heavy atom. The van der Waals surface area contributed by atoms with Crippen LogP contribution < -0.4 is 5.32 Å². The van der Waals surface area contributed by atoms with Crippen LogP contribution in [0.5, 0.6) is 0 Å². The maximum absolute atomic E-state index is 12.0. The van der Waals surface area contributed by atoms with Gasteiger partial charge in [0.1, 0.15) is 10.5 Å². The molecule has 0 saturated heterocycles. The first-order chi connectivity index (χ1) is 9.34. The van der Waals surface area contributed by atoms with E-state index >= 15 is 0 Å². The normalized spacial score (nSPS) is 13.3. The number of carbonyl (C=O) groups is 2. The van der Waals surface area contributed by atoms with E-state index in [2.05, 4.69) is 10.1 Å². The Kier molecular flexibility index (Phi) is 4.84. The lowest BCUT2D eigenvalue weighted by Crippen LogP contribution is -2.52. The van der Waals surface area contributed by atoms with Crippen molar-refractivity contribution in [3.05, 3.63) is 28.0 Å². The highest BCUT2D eigenvalue weighted by Crippen LogP contribution is 2.19. The van der Waals surface area contributed by atoms with Crippen molar-refractivity contribution in [1.29, 1.82) is 0 Å². The van der Waals surface area contributed by atoms with E-state index < -0.39 is 28.2 Å². The Morgan fingerprint density at radius 1 is 1.50 bits per heavy atom. The molecular weight excluding hydrogens is 268 g/mol. The Labute approximate surface area is 115 Å². The van der Waals surface area contributed by atoms with Crippen molar-refractivity contribution in [2.24, 2.45) is 0 Å². The van der Waals surface area contributed by atoms with E-state index in [-0.39, 0.29) is 5.76 Å². The second-order valence-corrected chi connectivity index (χ2v) is 4.42. The van der Waals surface area contributed by atoms with E-state index in [4.69, 9.17) is 4.42 Å². The van der Waals surface area contributed by atoms with Gasteiger partial charge in [0.05, 0.1) is 13.2 Å². The van der Waals surface area contributed by atoms with Crippen molar-refractivity contribution in [2.75, 3.05) is 7.11 Å². The van der Waals surface area contributed by atoms with Crippen molar-refractivity contribution in [2.45, 2.75) is 32.2 Å². The number of furan rings is 1. The van der Waals surface area contributed by atoms with Gasteiger partial charge in [-0.25, -0.2) is 4.79 Å². The van der Waals surface area contributed by atoms with Crippen LogP contribution in [0.3, 0.4) is 0 Å². The molecule has 1 amide bonds. The molecule has 20 heavy (non-hydrogen) atoms. The van der Waals surface area contributed by atoms with Crippen LogP contribution in [0.15, 0.2) is 16.5 Å². The number of hydrogen-bond acceptors (Lipinski definition) is 6. The lowest BCUT2D eigenvalue weighted by Gasteiger charge is -2.26. The molecule has 0 fully saturated rings. The summed E-state index contributed by atoms with van der Waals surface area (Å²) in [7, 11) is 1.22. The fraction of sp³-hybridized carbons (Fsp3) is 0.500. The largest absolute Gasteiger partial charge is 0.467 e. The minimum Gasteiger partial charge on any atom is -0.467 e. The van der Waals surface area contributed by atoms with Crippen LogP contribution in [0.2, 0.25) is 0 Å². The zero-order chi connectivity index (χ0) is 15.3. The zero-order valence-corrected chi connectivity index (χ0v) is 11.5. The summed E-state index contributed by atoms with van der Waals surface area (Å²) in [6, 6.07) is 2.25. The molecule has 0 saturated carbocycles. The van der Waals surface area contributed by atoms with Gasteiger partial charge in [-0.2, -0.15) is 0 Å². The van der Waals surface area contributed by atoms with Crippen LogP contribution in [0.25, 0.3) is 0 Å². The summed E-state index contributed by atoms with van der Waals surface area (Å²) >= 11 is 0. The number of carbonyl (C=O) groups excluding carboxylic acids is 2. The summed E-state index contributed by atoms with van der Waals surface area (Å²) in [6.07, 6.45) is 1.01. The smallest absolute Gasteiger partial charge is 0.433 e. The van der Waals surface area contributed by atoms with Gasteiger partial charge in [0.2, 0.25) is 0 Å². The van der Waals surface area contributed by atoms with Gasteiger partial charge in [-0.1, -0.05) is 13.3 Å². The summed E-state index contributed by atoms with van der Waals surface area (Å²) in [5, 5.41) is 13.0. The molecule has 0 radical (unpaired) electrons. The van der Waals surface area contributed by atoms with E-state index in [9.17, 15) is 19.7 Å². The molecule has 1 unspecified atom stereocenters. The van der Waals surface area contributed by atoms with Crippen LogP contribution in [0.4, 0.5) is 5.88 Å². The molecule has 0 aliphatic rings. The SMILES string of the molecule is CCCC(C)(NC(=O)c1ccc([N+](=O)[O-])o1)C(=O)OC. The van der Waals surface area contributed by atoms with Gasteiger partial charge in [0.25, 0.3) is 5.91 Å². The molecule has 1 N–H and O–H groups in total. The molecule has 0 bridgehead atoms. The lowest BCUT2D eigenvalue weighted by molar-refractivity contribution is -0.402. The number of hydrogen-bond donors (Lipinski definition) is 1. The van der Waals surface area contributed by atoms with Gasteiger partial charge < -0.3 is 14.5 Å². The third kappa shape index (κ3) is 3.34. The van der Waals surface area contributed by atoms with E-state index in [1.165, 1.54) is 20.1 Å². The van der Waals surface area contributed by atoms with Gasteiger partial charge in [-0.15, -0.1) is 0 Å². The fourth-order valence-electron chi connectivity index (χ4n) is 1.80. The van der Waals surface area contributed by atoms with Crippen LogP contribution in [0.1, 0.15) is 37.2 Å². The number of nitro groups is 1. The topological polar surface area (TPSA) is 112 Å². The van der Waals surface area contributed by atoms with E-state index in [1.807, 2.05) is 6.92 Å². The highest BCUT2D eigenvalue weighted by molar-refractivity contribution is 5.96. The second-order valence-electron chi connectivity index (χ2n) is 4.42. The molecule has 0 aromatic carbocycles. The first kappa shape index (κ1) is 15.7. The molecule has 0 aliphatic heterocycles. The molecule has 8 heteroatoms. The molecule has 1 aromatic heterocycles. The number of ether oxygens (including phenoxy) is 1. The van der Waals surface area contributed by atoms with Crippen LogP contribution in [-0.2, 0) is 9.53 Å². The van der Waals surface area contributed by atoms with Crippen LogP contribution in [0, 0.1) is 10.1 Å². The third-order valence-corrected chi connectivity index (χ3v) is 2.77. The minimum atomic E-state index is -1.21. The number of amides is 1. The highest BCUT2D eigenvalue weighted by Gasteiger charge is 2.36. The molecule has 1 atom stereocenters. The molecule has 1 aromatic rings. The van der Waals surface area contributed by atoms with Crippen LogP contribution >= 0.6 is 0 Å². The first-order valence-corrected chi connectivity index (χ1v) is 5.99. The van der Waals surface area contributed by atoms with E-state index in [0.29, 0.717) is 12.8 Å².